The first-order valence-electron chi connectivity index (χ1n) is 5.76. The summed E-state index contributed by atoms with van der Waals surface area (Å²) in [5.41, 5.74) is 7.24. The van der Waals surface area contributed by atoms with Crippen LogP contribution in [0.3, 0.4) is 0 Å². The maximum atomic E-state index is 11.5. The number of amides is 1. The molecule has 0 spiro atoms. The third-order valence-electron chi connectivity index (χ3n) is 2.74. The van der Waals surface area contributed by atoms with Gasteiger partial charge < -0.3 is 15.8 Å². The van der Waals surface area contributed by atoms with Gasteiger partial charge in [-0.15, -0.1) is 0 Å². The van der Waals surface area contributed by atoms with Crippen LogP contribution in [0.4, 0.5) is 5.69 Å². The number of anilines is 1. The Morgan fingerprint density at radius 3 is 2.88 bits per heavy atom. The second-order valence-corrected chi connectivity index (χ2v) is 5.14. The standard InChI is InChI=1S/C13H18N2O2/c1-8(14)12(16)15-10-4-5-11-9(6-10)7-13(2,3)17-11/h4-6,8H,7,14H2,1-3H3,(H,15,16)/t8-/m0/s1. The molecule has 1 atom stereocenters. The van der Waals surface area contributed by atoms with Crippen molar-refractivity contribution in [1.82, 2.24) is 0 Å². The predicted molar refractivity (Wildman–Crippen MR) is 67.1 cm³/mol. The molecule has 0 aromatic heterocycles. The Hall–Kier alpha value is -1.55. The predicted octanol–water partition coefficient (Wildman–Crippen LogP) is 1.69. The molecule has 3 N–H and O–H groups in total. The average Bonchev–Trinajstić information content (AvgIpc) is 2.50. The Bertz CT molecular complexity index is 453. The fourth-order valence-corrected chi connectivity index (χ4v) is 1.94. The number of benzene rings is 1. The SMILES string of the molecule is C[C@H](N)C(=O)Nc1ccc2c(c1)CC(C)(C)O2. The molecule has 1 heterocycles. The molecule has 1 amide bonds. The van der Waals surface area contributed by atoms with Crippen LogP contribution >= 0.6 is 0 Å². The van der Waals surface area contributed by atoms with Crippen molar-refractivity contribution in [2.45, 2.75) is 38.8 Å². The van der Waals surface area contributed by atoms with Gasteiger partial charge in [0.05, 0.1) is 6.04 Å². The van der Waals surface area contributed by atoms with Crippen molar-refractivity contribution in [3.63, 3.8) is 0 Å². The smallest absolute Gasteiger partial charge is 0.240 e. The zero-order chi connectivity index (χ0) is 12.6. The second kappa shape index (κ2) is 4.04. The first-order chi connectivity index (χ1) is 7.87. The summed E-state index contributed by atoms with van der Waals surface area (Å²) in [6.07, 6.45) is 0.851. The van der Waals surface area contributed by atoms with Gasteiger partial charge in [0, 0.05) is 17.7 Å². The van der Waals surface area contributed by atoms with Gasteiger partial charge in [0.25, 0.3) is 0 Å². The number of rotatable bonds is 2. The van der Waals surface area contributed by atoms with Crippen LogP contribution in [-0.4, -0.2) is 17.6 Å². The lowest BCUT2D eigenvalue weighted by Crippen LogP contribution is -2.32. The van der Waals surface area contributed by atoms with E-state index in [9.17, 15) is 4.79 Å². The lowest BCUT2D eigenvalue weighted by Gasteiger charge is -2.16. The van der Waals surface area contributed by atoms with Gasteiger partial charge in [-0.25, -0.2) is 0 Å². The molecule has 0 saturated heterocycles. The fourth-order valence-electron chi connectivity index (χ4n) is 1.94. The minimum absolute atomic E-state index is 0.161. The van der Waals surface area contributed by atoms with E-state index in [-0.39, 0.29) is 11.5 Å². The molecular weight excluding hydrogens is 216 g/mol. The van der Waals surface area contributed by atoms with Crippen molar-refractivity contribution < 1.29 is 9.53 Å². The van der Waals surface area contributed by atoms with Gasteiger partial charge >= 0.3 is 0 Å². The van der Waals surface area contributed by atoms with Crippen LogP contribution in [-0.2, 0) is 11.2 Å². The van der Waals surface area contributed by atoms with E-state index in [1.54, 1.807) is 6.92 Å². The average molecular weight is 234 g/mol. The first kappa shape index (κ1) is 11.9. The zero-order valence-corrected chi connectivity index (χ0v) is 10.4. The zero-order valence-electron chi connectivity index (χ0n) is 10.4. The van der Waals surface area contributed by atoms with Crippen LogP contribution in [0, 0.1) is 0 Å². The second-order valence-electron chi connectivity index (χ2n) is 5.14. The summed E-state index contributed by atoms with van der Waals surface area (Å²) in [7, 11) is 0. The lowest BCUT2D eigenvalue weighted by atomic mass is 10.0. The van der Waals surface area contributed by atoms with Gasteiger partial charge in [-0.2, -0.15) is 0 Å². The molecule has 17 heavy (non-hydrogen) atoms. The summed E-state index contributed by atoms with van der Waals surface area (Å²) < 4.78 is 5.76. The molecular formula is C13H18N2O2. The topological polar surface area (TPSA) is 64.4 Å². The highest BCUT2D eigenvalue weighted by molar-refractivity contribution is 5.94. The van der Waals surface area contributed by atoms with E-state index in [1.807, 2.05) is 32.0 Å². The monoisotopic (exact) mass is 234 g/mol. The third-order valence-corrected chi connectivity index (χ3v) is 2.74. The molecule has 0 unspecified atom stereocenters. The molecule has 0 fully saturated rings. The molecule has 0 bridgehead atoms. The molecule has 0 aliphatic carbocycles. The van der Waals surface area contributed by atoms with Crippen LogP contribution in [0.1, 0.15) is 26.3 Å². The van der Waals surface area contributed by atoms with Crippen molar-refractivity contribution in [2.75, 3.05) is 5.32 Å². The molecule has 4 nitrogen and oxygen atoms in total. The number of carbonyl (C=O) groups is 1. The van der Waals surface area contributed by atoms with Crippen LogP contribution < -0.4 is 15.8 Å². The van der Waals surface area contributed by atoms with E-state index >= 15 is 0 Å². The number of hydrogen-bond donors (Lipinski definition) is 2. The minimum atomic E-state index is -0.504. The largest absolute Gasteiger partial charge is 0.487 e. The lowest BCUT2D eigenvalue weighted by molar-refractivity contribution is -0.117. The molecule has 1 aromatic rings. The summed E-state index contributed by atoms with van der Waals surface area (Å²) >= 11 is 0. The molecule has 1 aromatic carbocycles. The van der Waals surface area contributed by atoms with Crippen molar-refractivity contribution in [2.24, 2.45) is 5.73 Å². The molecule has 1 aliphatic rings. The quantitative estimate of drug-likeness (QED) is 0.818. The Morgan fingerprint density at radius 1 is 1.53 bits per heavy atom. The Labute approximate surface area is 101 Å². The van der Waals surface area contributed by atoms with Gasteiger partial charge in [0.1, 0.15) is 11.4 Å². The van der Waals surface area contributed by atoms with Crippen molar-refractivity contribution >= 4 is 11.6 Å². The number of fused-ring (bicyclic) bond motifs is 1. The Kier molecular flexibility index (Phi) is 2.83. The van der Waals surface area contributed by atoms with E-state index in [0.29, 0.717) is 0 Å². The molecule has 0 saturated carbocycles. The minimum Gasteiger partial charge on any atom is -0.487 e. The highest BCUT2D eigenvalue weighted by atomic mass is 16.5. The van der Waals surface area contributed by atoms with Crippen LogP contribution in [0.2, 0.25) is 0 Å². The van der Waals surface area contributed by atoms with Gasteiger partial charge in [-0.05, 0) is 39.0 Å². The van der Waals surface area contributed by atoms with Crippen molar-refractivity contribution in [3.8, 4) is 5.75 Å². The van der Waals surface area contributed by atoms with E-state index in [0.717, 1.165) is 23.4 Å². The van der Waals surface area contributed by atoms with Gasteiger partial charge in [0.15, 0.2) is 0 Å². The van der Waals surface area contributed by atoms with Gasteiger partial charge in [-0.1, -0.05) is 0 Å². The van der Waals surface area contributed by atoms with Gasteiger partial charge in [-0.3, -0.25) is 4.79 Å². The fraction of sp³-hybridized carbons (Fsp3) is 0.462. The molecule has 4 heteroatoms. The van der Waals surface area contributed by atoms with Crippen molar-refractivity contribution in [1.29, 1.82) is 0 Å². The Morgan fingerprint density at radius 2 is 2.24 bits per heavy atom. The molecule has 92 valence electrons. The number of nitrogens with two attached hydrogens (primary N) is 1. The number of ether oxygens (including phenoxy) is 1. The number of carbonyl (C=O) groups excluding carboxylic acids is 1. The summed E-state index contributed by atoms with van der Waals surface area (Å²) in [6, 6.07) is 5.17. The third kappa shape index (κ3) is 2.58. The van der Waals surface area contributed by atoms with Crippen LogP contribution in [0.15, 0.2) is 18.2 Å². The van der Waals surface area contributed by atoms with Crippen LogP contribution in [0.25, 0.3) is 0 Å². The highest BCUT2D eigenvalue weighted by Crippen LogP contribution is 2.36. The highest BCUT2D eigenvalue weighted by Gasteiger charge is 2.30. The number of hydrogen-bond acceptors (Lipinski definition) is 3. The van der Waals surface area contributed by atoms with E-state index in [4.69, 9.17) is 10.5 Å². The van der Waals surface area contributed by atoms with E-state index in [1.165, 1.54) is 0 Å². The summed E-state index contributed by atoms with van der Waals surface area (Å²) in [5.74, 6) is 0.719. The first-order valence-corrected chi connectivity index (χ1v) is 5.76. The van der Waals surface area contributed by atoms with E-state index < -0.39 is 6.04 Å². The maximum absolute atomic E-state index is 11.5. The maximum Gasteiger partial charge on any atom is 0.240 e. The number of nitrogens with one attached hydrogen (secondary N) is 1. The molecule has 0 radical (unpaired) electrons. The van der Waals surface area contributed by atoms with Crippen molar-refractivity contribution in [3.05, 3.63) is 23.8 Å². The van der Waals surface area contributed by atoms with Gasteiger partial charge in [0.2, 0.25) is 5.91 Å². The Balaban J connectivity index is 2.17. The summed E-state index contributed by atoms with van der Waals surface area (Å²) in [6.45, 7) is 5.76. The normalized spacial score (nSPS) is 18.1. The molecule has 1 aliphatic heterocycles. The summed E-state index contributed by atoms with van der Waals surface area (Å²) in [4.78, 5) is 11.5. The summed E-state index contributed by atoms with van der Waals surface area (Å²) in [5, 5.41) is 2.78. The van der Waals surface area contributed by atoms with Crippen LogP contribution in [0.5, 0.6) is 5.75 Å². The molecule has 2 rings (SSSR count). The van der Waals surface area contributed by atoms with E-state index in [2.05, 4.69) is 5.32 Å².